The van der Waals surface area contributed by atoms with E-state index in [0.29, 0.717) is 5.69 Å². The van der Waals surface area contributed by atoms with Crippen LogP contribution in [0.3, 0.4) is 0 Å². The van der Waals surface area contributed by atoms with Crippen LogP contribution in [0.25, 0.3) is 5.69 Å². The van der Waals surface area contributed by atoms with E-state index >= 15 is 0 Å². The van der Waals surface area contributed by atoms with Crippen LogP contribution >= 0.6 is 0 Å². The predicted molar refractivity (Wildman–Crippen MR) is 68.9 cm³/mol. The van der Waals surface area contributed by atoms with E-state index in [0.717, 1.165) is 4.80 Å². The maximum Gasteiger partial charge on any atom is 0.401 e. The van der Waals surface area contributed by atoms with Crippen molar-refractivity contribution in [1.82, 2.24) is 25.5 Å². The summed E-state index contributed by atoms with van der Waals surface area (Å²) in [5, 5.41) is 14.1. The molecular formula is C13H13F4N5. The first-order valence-electron chi connectivity index (χ1n) is 6.76. The third kappa shape index (κ3) is 2.45. The summed E-state index contributed by atoms with van der Waals surface area (Å²) in [6, 6.07) is 5.12. The first-order chi connectivity index (χ1) is 10.4. The quantitative estimate of drug-likeness (QED) is 0.861. The summed E-state index contributed by atoms with van der Waals surface area (Å²) in [6.45, 7) is 0.481. The molecule has 1 fully saturated rings. The molecule has 0 bridgehead atoms. The van der Waals surface area contributed by atoms with Gasteiger partial charge in [0.2, 0.25) is 0 Å². The normalized spacial score (nSPS) is 18.4. The van der Waals surface area contributed by atoms with E-state index in [-0.39, 0.29) is 31.8 Å². The lowest BCUT2D eigenvalue weighted by molar-refractivity contribution is -0.200. The minimum atomic E-state index is -4.45. The highest BCUT2D eigenvalue weighted by Gasteiger charge is 2.58. The molecule has 9 heteroatoms. The van der Waals surface area contributed by atoms with Crippen LogP contribution < -0.4 is 5.32 Å². The molecule has 1 aromatic heterocycles. The molecule has 0 radical (unpaired) electrons. The number of rotatable bonds is 2. The Hall–Kier alpha value is -2.03. The Labute approximate surface area is 123 Å². The average molecular weight is 315 g/mol. The lowest BCUT2D eigenvalue weighted by Gasteiger charge is -2.36. The number of aromatic nitrogens is 4. The van der Waals surface area contributed by atoms with Crippen molar-refractivity contribution in [1.29, 1.82) is 0 Å². The molecule has 1 N–H and O–H groups in total. The van der Waals surface area contributed by atoms with E-state index < -0.39 is 17.4 Å². The standard InChI is InChI=1S/C13H13F4N5/c14-9-1-3-10(4-2-9)22-20-11(19-21-22)12(13(15,16)17)5-7-18-8-6-12/h1-4,18H,5-8H2. The second kappa shape index (κ2) is 5.31. The Kier molecular flexibility index (Phi) is 3.59. The van der Waals surface area contributed by atoms with Gasteiger partial charge in [-0.25, -0.2) is 4.39 Å². The summed E-state index contributed by atoms with van der Waals surface area (Å²) in [6.07, 6.45) is -4.72. The van der Waals surface area contributed by atoms with Crippen molar-refractivity contribution in [2.75, 3.05) is 13.1 Å². The Bertz CT molecular complexity index is 643. The van der Waals surface area contributed by atoms with Crippen molar-refractivity contribution in [2.24, 2.45) is 0 Å². The molecule has 0 aliphatic carbocycles. The predicted octanol–water partition coefficient (Wildman–Crippen LogP) is 1.98. The minimum Gasteiger partial charge on any atom is -0.317 e. The summed E-state index contributed by atoms with van der Waals surface area (Å²) < 4.78 is 53.6. The van der Waals surface area contributed by atoms with Crippen LogP contribution in [0, 0.1) is 5.82 Å². The van der Waals surface area contributed by atoms with Gasteiger partial charge >= 0.3 is 6.18 Å². The topological polar surface area (TPSA) is 55.6 Å². The summed E-state index contributed by atoms with van der Waals surface area (Å²) >= 11 is 0. The molecule has 1 aliphatic rings. The highest BCUT2D eigenvalue weighted by Crippen LogP contribution is 2.45. The Morgan fingerprint density at radius 1 is 1.09 bits per heavy atom. The molecule has 0 saturated carbocycles. The molecule has 0 spiro atoms. The lowest BCUT2D eigenvalue weighted by atomic mass is 9.77. The summed E-state index contributed by atoms with van der Waals surface area (Å²) in [7, 11) is 0. The minimum absolute atomic E-state index is 0.133. The highest BCUT2D eigenvalue weighted by atomic mass is 19.4. The number of nitrogens with one attached hydrogen (secondary N) is 1. The largest absolute Gasteiger partial charge is 0.401 e. The van der Waals surface area contributed by atoms with Crippen molar-refractivity contribution in [3.63, 3.8) is 0 Å². The first kappa shape index (κ1) is 14.9. The van der Waals surface area contributed by atoms with Gasteiger partial charge in [-0.15, -0.1) is 15.0 Å². The van der Waals surface area contributed by atoms with Crippen LogP contribution in [0.2, 0.25) is 0 Å². The Morgan fingerprint density at radius 2 is 1.73 bits per heavy atom. The summed E-state index contributed by atoms with van der Waals surface area (Å²) in [5.74, 6) is -0.792. The molecule has 1 saturated heterocycles. The van der Waals surface area contributed by atoms with Gasteiger partial charge in [-0.2, -0.15) is 13.2 Å². The van der Waals surface area contributed by atoms with E-state index in [1.165, 1.54) is 24.3 Å². The van der Waals surface area contributed by atoms with Crippen molar-refractivity contribution >= 4 is 0 Å². The summed E-state index contributed by atoms with van der Waals surface area (Å²) in [5.41, 5.74) is -1.73. The van der Waals surface area contributed by atoms with Gasteiger partial charge in [-0.1, -0.05) is 0 Å². The summed E-state index contributed by atoms with van der Waals surface area (Å²) in [4.78, 5) is 0.990. The second-order valence-electron chi connectivity index (χ2n) is 5.21. The molecule has 22 heavy (non-hydrogen) atoms. The van der Waals surface area contributed by atoms with Crippen LogP contribution in [0.1, 0.15) is 18.7 Å². The number of alkyl halides is 3. The SMILES string of the molecule is Fc1ccc(-n2nnc(C3(C(F)(F)F)CCNCC3)n2)cc1. The fraction of sp³-hybridized carbons (Fsp3) is 0.462. The molecule has 0 atom stereocenters. The highest BCUT2D eigenvalue weighted by molar-refractivity contribution is 5.29. The monoisotopic (exact) mass is 315 g/mol. The number of benzene rings is 1. The van der Waals surface area contributed by atoms with E-state index in [1.54, 1.807) is 0 Å². The number of tetrazole rings is 1. The van der Waals surface area contributed by atoms with Gasteiger partial charge < -0.3 is 5.32 Å². The Balaban J connectivity index is 1.98. The van der Waals surface area contributed by atoms with Crippen LogP contribution in [0.15, 0.2) is 24.3 Å². The third-order valence-electron chi connectivity index (χ3n) is 3.90. The van der Waals surface area contributed by atoms with E-state index in [1.807, 2.05) is 0 Å². The van der Waals surface area contributed by atoms with Gasteiger partial charge in [0.05, 0.1) is 5.69 Å². The van der Waals surface area contributed by atoms with Gasteiger partial charge in [0, 0.05) is 0 Å². The first-order valence-corrected chi connectivity index (χ1v) is 6.76. The van der Waals surface area contributed by atoms with Crippen molar-refractivity contribution in [3.05, 3.63) is 35.9 Å². The third-order valence-corrected chi connectivity index (χ3v) is 3.90. The maximum atomic E-state index is 13.6. The number of hydrogen-bond acceptors (Lipinski definition) is 4. The van der Waals surface area contributed by atoms with Crippen molar-refractivity contribution < 1.29 is 17.6 Å². The van der Waals surface area contributed by atoms with Crippen LogP contribution in [-0.2, 0) is 5.41 Å². The number of halogens is 4. The number of nitrogens with zero attached hydrogens (tertiary/aromatic N) is 4. The fourth-order valence-corrected chi connectivity index (χ4v) is 2.58. The number of hydrogen-bond donors (Lipinski definition) is 1. The second-order valence-corrected chi connectivity index (χ2v) is 5.21. The Morgan fingerprint density at radius 3 is 2.32 bits per heavy atom. The molecular weight excluding hydrogens is 302 g/mol. The molecule has 1 aliphatic heterocycles. The maximum absolute atomic E-state index is 13.6. The van der Waals surface area contributed by atoms with E-state index in [2.05, 4.69) is 20.7 Å². The average Bonchev–Trinajstić information content (AvgIpc) is 2.98. The van der Waals surface area contributed by atoms with Gasteiger partial charge in [0.25, 0.3) is 0 Å². The lowest BCUT2D eigenvalue weighted by Crippen LogP contribution is -2.50. The molecule has 118 valence electrons. The zero-order chi connectivity index (χ0) is 15.8. The molecule has 2 aromatic rings. The number of piperidine rings is 1. The van der Waals surface area contributed by atoms with Crippen LogP contribution in [-0.4, -0.2) is 39.5 Å². The molecule has 3 rings (SSSR count). The molecule has 5 nitrogen and oxygen atoms in total. The van der Waals surface area contributed by atoms with Gasteiger partial charge in [-0.05, 0) is 55.4 Å². The molecule has 2 heterocycles. The van der Waals surface area contributed by atoms with Crippen molar-refractivity contribution in [2.45, 2.75) is 24.4 Å². The van der Waals surface area contributed by atoms with Crippen LogP contribution in [0.5, 0.6) is 0 Å². The molecule has 1 aromatic carbocycles. The zero-order valence-electron chi connectivity index (χ0n) is 11.4. The van der Waals surface area contributed by atoms with Gasteiger partial charge in [0.1, 0.15) is 11.2 Å². The fourth-order valence-electron chi connectivity index (χ4n) is 2.58. The van der Waals surface area contributed by atoms with Gasteiger partial charge in [-0.3, -0.25) is 0 Å². The van der Waals surface area contributed by atoms with E-state index in [4.69, 9.17) is 0 Å². The molecule has 0 unspecified atom stereocenters. The van der Waals surface area contributed by atoms with Crippen LogP contribution in [0.4, 0.5) is 17.6 Å². The van der Waals surface area contributed by atoms with Gasteiger partial charge in [0.15, 0.2) is 5.82 Å². The smallest absolute Gasteiger partial charge is 0.317 e. The molecule has 0 amide bonds. The van der Waals surface area contributed by atoms with E-state index in [9.17, 15) is 17.6 Å². The zero-order valence-corrected chi connectivity index (χ0v) is 11.4. The van der Waals surface area contributed by atoms with Crippen molar-refractivity contribution in [3.8, 4) is 5.69 Å².